The number of nitrogens with zero attached hydrogens (tertiary/aromatic N) is 1. The molecule has 0 aromatic carbocycles. The fourth-order valence-corrected chi connectivity index (χ4v) is 2.13. The Bertz CT molecular complexity index is 481. The number of aromatic nitrogens is 1. The normalized spacial score (nSPS) is 10.1. The van der Waals surface area contributed by atoms with Crippen molar-refractivity contribution in [2.45, 2.75) is 6.61 Å². The third-order valence-corrected chi connectivity index (χ3v) is 3.09. The van der Waals surface area contributed by atoms with Gasteiger partial charge in [-0.05, 0) is 24.3 Å². The second-order valence-electron chi connectivity index (χ2n) is 3.03. The topological polar surface area (TPSA) is 39.2 Å². The lowest BCUT2D eigenvalue weighted by atomic mass is 10.4. The molecule has 16 heavy (non-hydrogen) atoms. The number of rotatable bonds is 4. The van der Waals surface area contributed by atoms with E-state index in [4.69, 9.17) is 16.3 Å². The van der Waals surface area contributed by atoms with Gasteiger partial charge in [-0.15, -0.1) is 11.3 Å². The minimum atomic E-state index is 0.395. The molecule has 0 bridgehead atoms. The third-order valence-electron chi connectivity index (χ3n) is 1.89. The minimum absolute atomic E-state index is 0.395. The lowest BCUT2D eigenvalue weighted by molar-refractivity contribution is 0.111. The largest absolute Gasteiger partial charge is 0.486 e. The zero-order valence-corrected chi connectivity index (χ0v) is 9.79. The van der Waals surface area contributed by atoms with Crippen LogP contribution in [0.15, 0.2) is 30.5 Å². The number of pyridine rings is 1. The van der Waals surface area contributed by atoms with E-state index in [9.17, 15) is 4.79 Å². The van der Waals surface area contributed by atoms with Crippen molar-refractivity contribution in [2.24, 2.45) is 0 Å². The van der Waals surface area contributed by atoms with Gasteiger partial charge in [-0.1, -0.05) is 11.6 Å². The average molecular weight is 254 g/mol. The Morgan fingerprint density at radius 3 is 2.81 bits per heavy atom. The zero-order chi connectivity index (χ0) is 11.4. The van der Waals surface area contributed by atoms with Crippen LogP contribution in [0.1, 0.15) is 15.4 Å². The molecular weight excluding hydrogens is 246 g/mol. The molecule has 2 rings (SSSR count). The van der Waals surface area contributed by atoms with Gasteiger partial charge in [0.15, 0.2) is 6.29 Å². The molecule has 2 aromatic heterocycles. The van der Waals surface area contributed by atoms with Crippen molar-refractivity contribution in [3.8, 4) is 5.75 Å². The number of hydrogen-bond acceptors (Lipinski definition) is 4. The van der Waals surface area contributed by atoms with Crippen LogP contribution in [-0.4, -0.2) is 11.3 Å². The summed E-state index contributed by atoms with van der Waals surface area (Å²) in [6.45, 7) is 0.458. The van der Waals surface area contributed by atoms with Crippen molar-refractivity contribution in [3.63, 3.8) is 0 Å². The number of carbonyl (C=O) groups excluding carboxylic acids is 1. The predicted octanol–water partition coefficient (Wildman–Crippen LogP) is 3.19. The van der Waals surface area contributed by atoms with Gasteiger partial charge in [0.2, 0.25) is 0 Å². The maximum Gasteiger partial charge on any atom is 0.168 e. The molecule has 0 aliphatic carbocycles. The van der Waals surface area contributed by atoms with E-state index in [2.05, 4.69) is 4.98 Å². The first-order valence-corrected chi connectivity index (χ1v) is 5.75. The van der Waals surface area contributed by atoms with Gasteiger partial charge in [0.1, 0.15) is 18.1 Å². The molecule has 5 heteroatoms. The number of ether oxygens (including phenoxy) is 1. The fraction of sp³-hybridized carbons (Fsp3) is 0.0909. The Kier molecular flexibility index (Phi) is 3.54. The summed E-state index contributed by atoms with van der Waals surface area (Å²) in [5.41, 5.74) is 0.395. The molecule has 0 atom stereocenters. The molecule has 0 aliphatic rings. The lowest BCUT2D eigenvalue weighted by Crippen LogP contribution is -1.94. The van der Waals surface area contributed by atoms with Gasteiger partial charge < -0.3 is 4.74 Å². The molecule has 0 N–H and O–H groups in total. The highest BCUT2D eigenvalue weighted by molar-refractivity contribution is 7.16. The number of halogens is 1. The molecule has 2 heterocycles. The van der Waals surface area contributed by atoms with Crippen LogP contribution in [0.4, 0.5) is 0 Å². The maximum absolute atomic E-state index is 10.4. The summed E-state index contributed by atoms with van der Waals surface area (Å²) in [6, 6.07) is 7.08. The minimum Gasteiger partial charge on any atom is -0.486 e. The highest BCUT2D eigenvalue weighted by Crippen LogP contribution is 2.22. The summed E-state index contributed by atoms with van der Waals surface area (Å²) in [4.78, 5) is 15.3. The first kappa shape index (κ1) is 11.1. The summed E-state index contributed by atoms with van der Waals surface area (Å²) in [6.07, 6.45) is 2.22. The number of thiophene rings is 1. The van der Waals surface area contributed by atoms with Crippen LogP contribution in [0.25, 0.3) is 0 Å². The fourth-order valence-electron chi connectivity index (χ4n) is 1.13. The number of hydrogen-bond donors (Lipinski definition) is 0. The van der Waals surface area contributed by atoms with Crippen molar-refractivity contribution < 1.29 is 9.53 Å². The first-order chi connectivity index (χ1) is 7.78. The Morgan fingerprint density at radius 1 is 1.38 bits per heavy atom. The lowest BCUT2D eigenvalue weighted by Gasteiger charge is -2.03. The summed E-state index contributed by atoms with van der Waals surface area (Å²) in [7, 11) is 0. The summed E-state index contributed by atoms with van der Waals surface area (Å²) in [5, 5.41) is 0. The van der Waals surface area contributed by atoms with E-state index in [1.165, 1.54) is 17.5 Å². The van der Waals surface area contributed by atoms with Gasteiger partial charge in [-0.25, -0.2) is 4.98 Å². The standard InChI is InChI=1S/C11H8ClNO2S/c12-11-4-3-10(16-11)7-15-9-2-1-8(6-14)13-5-9/h1-6H,7H2. The van der Waals surface area contributed by atoms with Gasteiger partial charge >= 0.3 is 0 Å². The van der Waals surface area contributed by atoms with E-state index >= 15 is 0 Å². The van der Waals surface area contributed by atoms with E-state index < -0.39 is 0 Å². The molecule has 0 radical (unpaired) electrons. The van der Waals surface area contributed by atoms with Gasteiger partial charge in [0.25, 0.3) is 0 Å². The Morgan fingerprint density at radius 2 is 2.25 bits per heavy atom. The number of carbonyl (C=O) groups is 1. The van der Waals surface area contributed by atoms with Gasteiger partial charge in [-0.3, -0.25) is 4.79 Å². The SMILES string of the molecule is O=Cc1ccc(OCc2ccc(Cl)s2)cn1. The number of aldehydes is 1. The van der Waals surface area contributed by atoms with Crippen molar-refractivity contribution >= 4 is 29.2 Å². The second-order valence-corrected chi connectivity index (χ2v) is 4.83. The van der Waals surface area contributed by atoms with Gasteiger partial charge in [-0.2, -0.15) is 0 Å². The molecule has 0 saturated carbocycles. The summed E-state index contributed by atoms with van der Waals surface area (Å²) < 4.78 is 6.22. The van der Waals surface area contributed by atoms with Crippen LogP contribution < -0.4 is 4.74 Å². The summed E-state index contributed by atoms with van der Waals surface area (Å²) in [5.74, 6) is 0.634. The van der Waals surface area contributed by atoms with Crippen LogP contribution >= 0.6 is 22.9 Å². The van der Waals surface area contributed by atoms with Crippen molar-refractivity contribution in [1.29, 1.82) is 0 Å². The van der Waals surface area contributed by atoms with E-state index in [1.54, 1.807) is 12.1 Å². The third kappa shape index (κ3) is 2.81. The van der Waals surface area contributed by atoms with E-state index in [-0.39, 0.29) is 0 Å². The summed E-state index contributed by atoms with van der Waals surface area (Å²) >= 11 is 7.27. The van der Waals surface area contributed by atoms with Crippen LogP contribution in [0, 0.1) is 0 Å². The molecular formula is C11H8ClNO2S. The predicted molar refractivity (Wildman–Crippen MR) is 63.3 cm³/mol. The first-order valence-electron chi connectivity index (χ1n) is 4.56. The second kappa shape index (κ2) is 5.09. The van der Waals surface area contributed by atoms with Crippen molar-refractivity contribution in [3.05, 3.63) is 45.4 Å². The van der Waals surface area contributed by atoms with E-state index in [0.717, 1.165) is 9.21 Å². The Balaban J connectivity index is 1.96. The van der Waals surface area contributed by atoms with Crippen LogP contribution in [0.3, 0.4) is 0 Å². The highest BCUT2D eigenvalue weighted by Gasteiger charge is 2.00. The van der Waals surface area contributed by atoms with E-state index in [1.807, 2.05) is 12.1 Å². The van der Waals surface area contributed by atoms with E-state index in [0.29, 0.717) is 24.3 Å². The molecule has 3 nitrogen and oxygen atoms in total. The van der Waals surface area contributed by atoms with Crippen LogP contribution in [0.5, 0.6) is 5.75 Å². The van der Waals surface area contributed by atoms with Crippen molar-refractivity contribution in [1.82, 2.24) is 4.98 Å². The molecule has 2 aromatic rings. The average Bonchev–Trinajstić information content (AvgIpc) is 2.73. The molecule has 0 spiro atoms. The maximum atomic E-state index is 10.4. The molecule has 0 unspecified atom stereocenters. The molecule has 0 fully saturated rings. The molecule has 0 saturated heterocycles. The van der Waals surface area contributed by atoms with Gasteiger partial charge in [0, 0.05) is 4.88 Å². The van der Waals surface area contributed by atoms with Crippen molar-refractivity contribution in [2.75, 3.05) is 0 Å². The van der Waals surface area contributed by atoms with Crippen LogP contribution in [0.2, 0.25) is 4.34 Å². The quantitative estimate of drug-likeness (QED) is 0.786. The Hall–Kier alpha value is -1.39. The zero-order valence-electron chi connectivity index (χ0n) is 8.22. The molecule has 0 aliphatic heterocycles. The molecule has 0 amide bonds. The molecule has 82 valence electrons. The van der Waals surface area contributed by atoms with Gasteiger partial charge in [0.05, 0.1) is 10.5 Å². The van der Waals surface area contributed by atoms with Crippen LogP contribution in [-0.2, 0) is 6.61 Å². The monoisotopic (exact) mass is 253 g/mol. The highest BCUT2D eigenvalue weighted by atomic mass is 35.5. The Labute approximate surface area is 102 Å². The smallest absolute Gasteiger partial charge is 0.168 e.